The second-order valence-electron chi connectivity index (χ2n) is 7.18. The van der Waals surface area contributed by atoms with Crippen molar-refractivity contribution in [2.75, 3.05) is 32.5 Å². The quantitative estimate of drug-likeness (QED) is 0.489. The molecule has 0 aliphatic heterocycles. The largest absolute Gasteiger partial charge is 0.465 e. The lowest BCUT2D eigenvalue weighted by molar-refractivity contribution is 0.0952. The van der Waals surface area contributed by atoms with Crippen LogP contribution in [0.2, 0.25) is 0 Å². The van der Waals surface area contributed by atoms with Gasteiger partial charge in [-0.15, -0.1) is 0 Å². The lowest BCUT2D eigenvalue weighted by Crippen LogP contribution is -2.27. The van der Waals surface area contributed by atoms with Crippen LogP contribution in [0.25, 0.3) is 11.1 Å². The number of oxazole rings is 1. The Morgan fingerprint density at radius 3 is 2.70 bits per heavy atom. The first-order chi connectivity index (χ1) is 14.3. The summed E-state index contributed by atoms with van der Waals surface area (Å²) in [6, 6.07) is 11.6. The summed E-state index contributed by atoms with van der Waals surface area (Å²) >= 11 is 0. The molecular weight excluding hydrogens is 388 g/mol. The van der Waals surface area contributed by atoms with Crippen LogP contribution >= 0.6 is 0 Å². The summed E-state index contributed by atoms with van der Waals surface area (Å²) in [4.78, 5) is 37.5. The van der Waals surface area contributed by atoms with Gasteiger partial charge in [-0.2, -0.15) is 0 Å². The number of benzene rings is 2. The van der Waals surface area contributed by atoms with E-state index >= 15 is 0 Å². The zero-order valence-electron chi connectivity index (χ0n) is 16.8. The van der Waals surface area contributed by atoms with Crippen molar-refractivity contribution in [1.29, 1.82) is 0 Å². The number of anilines is 1. The fraction of sp³-hybridized carbons (Fsp3) is 0.286. The van der Waals surface area contributed by atoms with E-state index in [4.69, 9.17) is 9.52 Å². The molecule has 0 radical (unpaired) electrons. The van der Waals surface area contributed by atoms with E-state index in [9.17, 15) is 14.4 Å². The second-order valence-corrected chi connectivity index (χ2v) is 7.18. The third-order valence-electron chi connectivity index (χ3n) is 4.52. The molecule has 3 rings (SSSR count). The van der Waals surface area contributed by atoms with Crippen LogP contribution in [0, 0.1) is 0 Å². The van der Waals surface area contributed by atoms with Gasteiger partial charge in [0.15, 0.2) is 5.58 Å². The van der Waals surface area contributed by atoms with Crippen LogP contribution in [0.15, 0.2) is 51.7 Å². The van der Waals surface area contributed by atoms with Crippen molar-refractivity contribution in [3.05, 3.63) is 64.1 Å². The molecule has 2 amide bonds. The maximum atomic E-state index is 12.3. The fourth-order valence-corrected chi connectivity index (χ4v) is 3.11. The van der Waals surface area contributed by atoms with Crippen LogP contribution in [0.4, 0.5) is 10.5 Å². The minimum atomic E-state index is -1.16. The van der Waals surface area contributed by atoms with Crippen molar-refractivity contribution in [3.63, 3.8) is 0 Å². The molecule has 158 valence electrons. The summed E-state index contributed by atoms with van der Waals surface area (Å²) in [5, 5.41) is 14.0. The highest BCUT2D eigenvalue weighted by Crippen LogP contribution is 2.18. The summed E-state index contributed by atoms with van der Waals surface area (Å²) in [5.74, 6) is -0.774. The van der Waals surface area contributed by atoms with Gasteiger partial charge in [-0.1, -0.05) is 12.1 Å². The van der Waals surface area contributed by atoms with Gasteiger partial charge in [-0.3, -0.25) is 14.7 Å². The average Bonchev–Trinajstić information content (AvgIpc) is 2.99. The molecule has 0 fully saturated rings. The highest BCUT2D eigenvalue weighted by Gasteiger charge is 2.13. The number of hydrogen-bond donors (Lipinski definition) is 3. The Bertz CT molecular complexity index is 1120. The SMILES string of the molecule is CN(C)CCCNC(=O)c1ccc2c(c1)oc(=O)n2Cc1cccc(NC(=O)O)c1. The van der Waals surface area contributed by atoms with Gasteiger partial charge in [0.05, 0.1) is 12.1 Å². The number of carboxylic acid groups (broad SMARTS) is 1. The average molecular weight is 412 g/mol. The van der Waals surface area contributed by atoms with Crippen LogP contribution < -0.4 is 16.4 Å². The molecule has 0 saturated carbocycles. The maximum absolute atomic E-state index is 12.3. The van der Waals surface area contributed by atoms with Gasteiger partial charge < -0.3 is 19.7 Å². The van der Waals surface area contributed by atoms with E-state index < -0.39 is 11.8 Å². The Labute approximate surface area is 172 Å². The molecule has 0 spiro atoms. The monoisotopic (exact) mass is 412 g/mol. The molecule has 3 aromatic rings. The van der Waals surface area contributed by atoms with E-state index in [0.29, 0.717) is 28.9 Å². The maximum Gasteiger partial charge on any atom is 0.420 e. The van der Waals surface area contributed by atoms with E-state index in [0.717, 1.165) is 18.5 Å². The first-order valence-electron chi connectivity index (χ1n) is 9.48. The van der Waals surface area contributed by atoms with Crippen molar-refractivity contribution in [2.45, 2.75) is 13.0 Å². The van der Waals surface area contributed by atoms with Crippen molar-refractivity contribution in [3.8, 4) is 0 Å². The normalized spacial score (nSPS) is 11.0. The van der Waals surface area contributed by atoms with Gasteiger partial charge in [0, 0.05) is 17.8 Å². The molecule has 2 aromatic carbocycles. The van der Waals surface area contributed by atoms with Crippen molar-refractivity contribution in [2.24, 2.45) is 0 Å². The van der Waals surface area contributed by atoms with Gasteiger partial charge >= 0.3 is 11.8 Å². The van der Waals surface area contributed by atoms with Crippen LogP contribution in [0.5, 0.6) is 0 Å². The van der Waals surface area contributed by atoms with Crippen molar-refractivity contribution < 1.29 is 19.1 Å². The molecule has 1 heterocycles. The summed E-state index contributed by atoms with van der Waals surface area (Å²) < 4.78 is 6.76. The molecule has 0 saturated heterocycles. The Balaban J connectivity index is 1.76. The second kappa shape index (κ2) is 9.27. The van der Waals surface area contributed by atoms with E-state index in [1.165, 1.54) is 4.57 Å². The lowest BCUT2D eigenvalue weighted by Gasteiger charge is -2.10. The molecule has 3 N–H and O–H groups in total. The first kappa shape index (κ1) is 21.1. The highest BCUT2D eigenvalue weighted by atomic mass is 16.4. The molecule has 0 aliphatic carbocycles. The Morgan fingerprint density at radius 1 is 1.17 bits per heavy atom. The Hall–Kier alpha value is -3.59. The van der Waals surface area contributed by atoms with Crippen LogP contribution in [-0.2, 0) is 6.54 Å². The van der Waals surface area contributed by atoms with E-state index in [1.807, 2.05) is 19.0 Å². The smallest absolute Gasteiger partial charge is 0.420 e. The summed E-state index contributed by atoms with van der Waals surface area (Å²) in [7, 11) is 3.95. The van der Waals surface area contributed by atoms with Gasteiger partial charge in [0.1, 0.15) is 0 Å². The molecule has 0 unspecified atom stereocenters. The number of carbonyl (C=O) groups excluding carboxylic acids is 1. The van der Waals surface area contributed by atoms with E-state index in [-0.39, 0.29) is 12.5 Å². The molecule has 30 heavy (non-hydrogen) atoms. The van der Waals surface area contributed by atoms with Crippen LogP contribution in [0.3, 0.4) is 0 Å². The number of nitrogens with one attached hydrogen (secondary N) is 2. The third-order valence-corrected chi connectivity index (χ3v) is 4.52. The summed E-state index contributed by atoms with van der Waals surface area (Å²) in [5.41, 5.74) is 2.44. The standard InChI is InChI=1S/C21H24N4O5/c1-24(2)10-4-9-22-19(26)15-7-8-17-18(12-15)30-21(29)25(17)13-14-5-3-6-16(11-14)23-20(27)28/h3,5-8,11-12,23H,4,9-10,13H2,1-2H3,(H,22,26)(H,27,28). The fourth-order valence-electron chi connectivity index (χ4n) is 3.11. The molecule has 0 bridgehead atoms. The van der Waals surface area contributed by atoms with Gasteiger partial charge in [-0.25, -0.2) is 9.59 Å². The number of nitrogens with zero attached hydrogens (tertiary/aromatic N) is 2. The molecule has 0 aliphatic rings. The number of carbonyl (C=O) groups is 2. The zero-order valence-corrected chi connectivity index (χ0v) is 16.8. The van der Waals surface area contributed by atoms with Crippen molar-refractivity contribution in [1.82, 2.24) is 14.8 Å². The Kier molecular flexibility index (Phi) is 6.53. The molecule has 9 heteroatoms. The third kappa shape index (κ3) is 5.26. The number of amides is 2. The summed E-state index contributed by atoms with van der Waals surface area (Å²) in [6.45, 7) is 1.64. The van der Waals surface area contributed by atoms with Crippen LogP contribution in [0.1, 0.15) is 22.3 Å². The zero-order chi connectivity index (χ0) is 21.7. The number of aromatic nitrogens is 1. The van der Waals surface area contributed by atoms with Gasteiger partial charge in [0.2, 0.25) is 0 Å². The number of fused-ring (bicyclic) bond motifs is 1. The first-order valence-corrected chi connectivity index (χ1v) is 9.48. The number of hydrogen-bond acceptors (Lipinski definition) is 5. The number of rotatable bonds is 8. The minimum Gasteiger partial charge on any atom is -0.465 e. The van der Waals surface area contributed by atoms with Crippen LogP contribution in [-0.4, -0.2) is 53.8 Å². The molecule has 1 aromatic heterocycles. The van der Waals surface area contributed by atoms with Gasteiger partial charge in [-0.05, 0) is 63.0 Å². The predicted octanol–water partition coefficient (Wildman–Crippen LogP) is 2.41. The minimum absolute atomic E-state index is 0.205. The lowest BCUT2D eigenvalue weighted by atomic mass is 10.1. The molecule has 0 atom stereocenters. The van der Waals surface area contributed by atoms with Gasteiger partial charge in [0.25, 0.3) is 5.91 Å². The summed E-state index contributed by atoms with van der Waals surface area (Å²) in [6.07, 6.45) is -0.326. The predicted molar refractivity (Wildman–Crippen MR) is 113 cm³/mol. The van der Waals surface area contributed by atoms with E-state index in [2.05, 4.69) is 10.6 Å². The van der Waals surface area contributed by atoms with Crippen molar-refractivity contribution >= 4 is 28.8 Å². The van der Waals surface area contributed by atoms with E-state index in [1.54, 1.807) is 42.5 Å². The Morgan fingerprint density at radius 2 is 1.97 bits per heavy atom. The highest BCUT2D eigenvalue weighted by molar-refractivity contribution is 5.97. The molecular formula is C21H24N4O5. The topological polar surface area (TPSA) is 117 Å². The molecule has 9 nitrogen and oxygen atoms in total.